The summed E-state index contributed by atoms with van der Waals surface area (Å²) in [5.41, 5.74) is 2.46. The van der Waals surface area contributed by atoms with Crippen LogP contribution in [0.4, 0.5) is 11.4 Å². The first-order chi connectivity index (χ1) is 13.8. The van der Waals surface area contributed by atoms with Gasteiger partial charge in [0.05, 0.1) is 19.9 Å². The average Bonchev–Trinajstić information content (AvgIpc) is 2.70. The number of anilines is 2. The second-order valence-electron chi connectivity index (χ2n) is 6.88. The molecule has 0 bridgehead atoms. The number of benzene rings is 2. The van der Waals surface area contributed by atoms with E-state index < -0.39 is 6.10 Å². The Kier molecular flexibility index (Phi) is 5.77. The minimum atomic E-state index is -0.615. The molecular formula is C22H24N2O5. The van der Waals surface area contributed by atoms with Crippen LogP contribution >= 0.6 is 0 Å². The molecular weight excluding hydrogens is 372 g/mol. The monoisotopic (exact) mass is 396 g/mol. The summed E-state index contributed by atoms with van der Waals surface area (Å²) in [6.45, 7) is 7.86. The number of amides is 2. The summed E-state index contributed by atoms with van der Waals surface area (Å²) in [6, 6.07) is 10.1. The van der Waals surface area contributed by atoms with E-state index in [9.17, 15) is 9.59 Å². The Morgan fingerprint density at radius 3 is 2.41 bits per heavy atom. The van der Waals surface area contributed by atoms with E-state index in [0.29, 0.717) is 40.7 Å². The standard InChI is InChI=1S/C22H24N2O5/c1-13(2)12-24-19-7-6-16(10-20(19)29-14(3)22(24)26)23-21(25)15-8-17(27-4)11-18(9-15)28-5/h6-11,14H,1,12H2,2-5H3,(H,23,25). The maximum absolute atomic E-state index is 12.7. The van der Waals surface area contributed by atoms with Crippen LogP contribution in [0.25, 0.3) is 0 Å². The first-order valence-electron chi connectivity index (χ1n) is 9.13. The van der Waals surface area contributed by atoms with Gasteiger partial charge in [0.15, 0.2) is 6.10 Å². The molecule has 7 heteroatoms. The molecule has 29 heavy (non-hydrogen) atoms. The molecule has 2 aromatic carbocycles. The van der Waals surface area contributed by atoms with Crippen molar-refractivity contribution >= 4 is 23.2 Å². The lowest BCUT2D eigenvalue weighted by molar-refractivity contribution is -0.125. The van der Waals surface area contributed by atoms with Crippen molar-refractivity contribution in [2.24, 2.45) is 0 Å². The molecule has 152 valence electrons. The van der Waals surface area contributed by atoms with Gasteiger partial charge in [-0.2, -0.15) is 0 Å². The number of hydrogen-bond donors (Lipinski definition) is 1. The highest BCUT2D eigenvalue weighted by molar-refractivity contribution is 6.05. The molecule has 0 fully saturated rings. The fraction of sp³-hybridized carbons (Fsp3) is 0.273. The number of nitrogens with zero attached hydrogens (tertiary/aromatic N) is 1. The third-order valence-electron chi connectivity index (χ3n) is 4.47. The molecule has 1 aliphatic rings. The fourth-order valence-electron chi connectivity index (χ4n) is 3.06. The molecule has 1 atom stereocenters. The average molecular weight is 396 g/mol. The van der Waals surface area contributed by atoms with Gasteiger partial charge in [0.25, 0.3) is 11.8 Å². The molecule has 0 saturated heterocycles. The molecule has 0 radical (unpaired) electrons. The fourth-order valence-corrected chi connectivity index (χ4v) is 3.06. The molecule has 1 aliphatic heterocycles. The van der Waals surface area contributed by atoms with Crippen LogP contribution in [0.15, 0.2) is 48.6 Å². The van der Waals surface area contributed by atoms with Crippen LogP contribution in [0.2, 0.25) is 0 Å². The Bertz CT molecular complexity index is 947. The van der Waals surface area contributed by atoms with Crippen molar-refractivity contribution in [3.05, 3.63) is 54.1 Å². The van der Waals surface area contributed by atoms with Gasteiger partial charge in [0.1, 0.15) is 17.2 Å². The highest BCUT2D eigenvalue weighted by atomic mass is 16.5. The van der Waals surface area contributed by atoms with Gasteiger partial charge in [0, 0.05) is 29.9 Å². The Morgan fingerprint density at radius 1 is 1.17 bits per heavy atom. The van der Waals surface area contributed by atoms with Gasteiger partial charge in [-0.1, -0.05) is 12.2 Å². The van der Waals surface area contributed by atoms with E-state index in [1.807, 2.05) is 6.92 Å². The van der Waals surface area contributed by atoms with Crippen molar-refractivity contribution in [3.63, 3.8) is 0 Å². The molecule has 0 aliphatic carbocycles. The topological polar surface area (TPSA) is 77.1 Å². The van der Waals surface area contributed by atoms with Crippen LogP contribution in [0.5, 0.6) is 17.2 Å². The maximum Gasteiger partial charge on any atom is 0.268 e. The minimum Gasteiger partial charge on any atom is -0.497 e. The molecule has 1 unspecified atom stereocenters. The molecule has 7 nitrogen and oxygen atoms in total. The number of fused-ring (bicyclic) bond motifs is 1. The maximum atomic E-state index is 12.7. The third-order valence-corrected chi connectivity index (χ3v) is 4.47. The Hall–Kier alpha value is -3.48. The number of hydrogen-bond acceptors (Lipinski definition) is 5. The van der Waals surface area contributed by atoms with Crippen molar-refractivity contribution in [2.45, 2.75) is 20.0 Å². The summed E-state index contributed by atoms with van der Waals surface area (Å²) < 4.78 is 16.2. The Labute approximate surface area is 169 Å². The van der Waals surface area contributed by atoms with Crippen LogP contribution in [0.3, 0.4) is 0 Å². The lowest BCUT2D eigenvalue weighted by atomic mass is 10.1. The molecule has 1 heterocycles. The zero-order valence-corrected chi connectivity index (χ0v) is 16.9. The van der Waals surface area contributed by atoms with Gasteiger partial charge in [0.2, 0.25) is 0 Å². The van der Waals surface area contributed by atoms with E-state index in [-0.39, 0.29) is 11.8 Å². The van der Waals surface area contributed by atoms with Crippen LogP contribution in [-0.4, -0.2) is 38.7 Å². The first kappa shape index (κ1) is 20.3. The molecule has 2 amide bonds. The number of rotatable bonds is 6. The molecule has 1 N–H and O–H groups in total. The molecule has 0 saturated carbocycles. The highest BCUT2D eigenvalue weighted by Gasteiger charge is 2.31. The van der Waals surface area contributed by atoms with E-state index in [0.717, 1.165) is 5.57 Å². The summed E-state index contributed by atoms with van der Waals surface area (Å²) in [7, 11) is 3.05. The predicted molar refractivity (Wildman–Crippen MR) is 111 cm³/mol. The summed E-state index contributed by atoms with van der Waals surface area (Å²) in [4.78, 5) is 26.8. The quantitative estimate of drug-likeness (QED) is 0.755. The van der Waals surface area contributed by atoms with Gasteiger partial charge >= 0.3 is 0 Å². The molecule has 2 aromatic rings. The molecule has 3 rings (SSSR count). The van der Waals surface area contributed by atoms with Crippen molar-refractivity contribution < 1.29 is 23.8 Å². The van der Waals surface area contributed by atoms with Crippen LogP contribution in [-0.2, 0) is 4.79 Å². The summed E-state index contributed by atoms with van der Waals surface area (Å²) in [5, 5.41) is 2.84. The second kappa shape index (κ2) is 8.26. The van der Waals surface area contributed by atoms with Crippen molar-refractivity contribution in [2.75, 3.05) is 31.0 Å². The number of carbonyl (C=O) groups is 2. The summed E-state index contributed by atoms with van der Waals surface area (Å²) in [6.07, 6.45) is -0.615. The van der Waals surface area contributed by atoms with Crippen LogP contribution < -0.4 is 24.4 Å². The predicted octanol–water partition coefficient (Wildman–Crippen LogP) is 3.65. The van der Waals surface area contributed by atoms with E-state index >= 15 is 0 Å². The normalized spacial score (nSPS) is 15.2. The Morgan fingerprint density at radius 2 is 1.83 bits per heavy atom. The number of carbonyl (C=O) groups excluding carboxylic acids is 2. The second-order valence-corrected chi connectivity index (χ2v) is 6.88. The number of nitrogens with one attached hydrogen (secondary N) is 1. The van der Waals surface area contributed by atoms with Gasteiger partial charge < -0.3 is 24.4 Å². The summed E-state index contributed by atoms with van der Waals surface area (Å²) in [5.74, 6) is 1.12. The van der Waals surface area contributed by atoms with Crippen LogP contribution in [0, 0.1) is 0 Å². The zero-order valence-electron chi connectivity index (χ0n) is 16.9. The van der Waals surface area contributed by atoms with Gasteiger partial charge in [-0.3, -0.25) is 9.59 Å². The lowest BCUT2D eigenvalue weighted by Gasteiger charge is -2.33. The third kappa shape index (κ3) is 4.34. The van der Waals surface area contributed by atoms with Gasteiger partial charge in [-0.15, -0.1) is 0 Å². The zero-order chi connectivity index (χ0) is 21.1. The smallest absolute Gasteiger partial charge is 0.268 e. The Balaban J connectivity index is 1.87. The number of ether oxygens (including phenoxy) is 3. The highest BCUT2D eigenvalue weighted by Crippen LogP contribution is 2.37. The first-order valence-corrected chi connectivity index (χ1v) is 9.13. The van der Waals surface area contributed by atoms with Crippen molar-refractivity contribution in [1.82, 2.24) is 0 Å². The van der Waals surface area contributed by atoms with E-state index in [4.69, 9.17) is 14.2 Å². The van der Waals surface area contributed by atoms with Crippen molar-refractivity contribution in [3.8, 4) is 17.2 Å². The number of methoxy groups -OCH3 is 2. The molecule has 0 spiro atoms. The van der Waals surface area contributed by atoms with E-state index in [1.165, 1.54) is 14.2 Å². The van der Waals surface area contributed by atoms with E-state index in [2.05, 4.69) is 11.9 Å². The largest absolute Gasteiger partial charge is 0.497 e. The lowest BCUT2D eigenvalue weighted by Crippen LogP contribution is -2.45. The molecule has 0 aromatic heterocycles. The van der Waals surface area contributed by atoms with Gasteiger partial charge in [-0.05, 0) is 38.1 Å². The van der Waals surface area contributed by atoms with Crippen molar-refractivity contribution in [1.29, 1.82) is 0 Å². The van der Waals surface area contributed by atoms with Gasteiger partial charge in [-0.25, -0.2) is 0 Å². The summed E-state index contributed by atoms with van der Waals surface area (Å²) >= 11 is 0. The minimum absolute atomic E-state index is 0.124. The van der Waals surface area contributed by atoms with E-state index in [1.54, 1.807) is 48.2 Å². The SMILES string of the molecule is C=C(C)CN1C(=O)C(C)Oc2cc(NC(=O)c3cc(OC)cc(OC)c3)ccc21. The van der Waals surface area contributed by atoms with Crippen LogP contribution in [0.1, 0.15) is 24.2 Å².